The van der Waals surface area contributed by atoms with Crippen molar-refractivity contribution in [2.45, 2.75) is 13.8 Å². The van der Waals surface area contributed by atoms with Crippen LogP contribution in [0.1, 0.15) is 19.4 Å². The maximum absolute atomic E-state index is 10.9. The zero-order valence-electron chi connectivity index (χ0n) is 10.2. The highest BCUT2D eigenvalue weighted by molar-refractivity contribution is 5.85. The molecule has 1 rings (SSSR count). The number of carboxylic acid groups (broad SMARTS) is 1. The average molecular weight is 250 g/mol. The number of carbonyl (C=O) groups is 2. The third kappa shape index (κ3) is 4.29. The van der Waals surface area contributed by atoms with Gasteiger partial charge in [-0.25, -0.2) is 4.79 Å². The van der Waals surface area contributed by atoms with E-state index in [2.05, 4.69) is 0 Å². The van der Waals surface area contributed by atoms with Gasteiger partial charge in [0.1, 0.15) is 0 Å². The van der Waals surface area contributed by atoms with Crippen molar-refractivity contribution >= 4 is 18.0 Å². The van der Waals surface area contributed by atoms with E-state index < -0.39 is 11.9 Å². The van der Waals surface area contributed by atoms with Crippen LogP contribution in [0.25, 0.3) is 6.08 Å². The van der Waals surface area contributed by atoms with Crippen molar-refractivity contribution in [2.24, 2.45) is 0 Å². The summed E-state index contributed by atoms with van der Waals surface area (Å²) in [4.78, 5) is 21.3. The smallest absolute Gasteiger partial charge is 0.328 e. The van der Waals surface area contributed by atoms with Crippen molar-refractivity contribution in [1.29, 1.82) is 0 Å². The molecule has 0 fully saturated rings. The quantitative estimate of drug-likeness (QED) is 0.492. The van der Waals surface area contributed by atoms with Crippen LogP contribution in [0, 0.1) is 0 Å². The summed E-state index contributed by atoms with van der Waals surface area (Å²) in [6.07, 6.45) is 2.46. The predicted octanol–water partition coefficient (Wildman–Crippen LogP) is 2.11. The number of rotatable bonds is 5. The van der Waals surface area contributed by atoms with Crippen LogP contribution < -0.4 is 9.47 Å². The Hall–Kier alpha value is -2.30. The zero-order chi connectivity index (χ0) is 13.5. The van der Waals surface area contributed by atoms with Crippen LogP contribution in [0.4, 0.5) is 0 Å². The Labute approximate surface area is 105 Å². The number of carbonyl (C=O) groups excluding carboxylic acids is 1. The van der Waals surface area contributed by atoms with Gasteiger partial charge in [0.05, 0.1) is 6.61 Å². The predicted molar refractivity (Wildman–Crippen MR) is 65.6 cm³/mol. The van der Waals surface area contributed by atoms with Gasteiger partial charge in [-0.1, -0.05) is 6.07 Å². The van der Waals surface area contributed by atoms with Crippen LogP contribution in [-0.2, 0) is 9.59 Å². The number of carboxylic acids is 1. The van der Waals surface area contributed by atoms with Gasteiger partial charge in [0.2, 0.25) is 0 Å². The third-order valence-electron chi connectivity index (χ3n) is 1.94. The first-order valence-corrected chi connectivity index (χ1v) is 5.39. The fraction of sp³-hybridized carbons (Fsp3) is 0.231. The lowest BCUT2D eigenvalue weighted by Gasteiger charge is -2.10. The molecule has 0 radical (unpaired) electrons. The molecule has 96 valence electrons. The van der Waals surface area contributed by atoms with E-state index in [4.69, 9.17) is 14.6 Å². The first kappa shape index (κ1) is 13.8. The molecule has 1 N–H and O–H groups in total. The SMILES string of the molecule is CCOc1cc(/C=C/C(=O)O)ccc1OC(C)=O. The van der Waals surface area contributed by atoms with E-state index in [1.54, 1.807) is 25.1 Å². The van der Waals surface area contributed by atoms with Crippen LogP contribution in [0.2, 0.25) is 0 Å². The molecule has 5 heteroatoms. The Morgan fingerprint density at radius 2 is 2.06 bits per heavy atom. The molecular formula is C13H14O5. The van der Waals surface area contributed by atoms with Crippen molar-refractivity contribution in [1.82, 2.24) is 0 Å². The number of ether oxygens (including phenoxy) is 2. The van der Waals surface area contributed by atoms with Crippen LogP contribution in [0.15, 0.2) is 24.3 Å². The van der Waals surface area contributed by atoms with E-state index in [9.17, 15) is 9.59 Å². The summed E-state index contributed by atoms with van der Waals surface area (Å²) in [7, 11) is 0. The molecule has 0 atom stereocenters. The Morgan fingerprint density at radius 1 is 1.33 bits per heavy atom. The van der Waals surface area contributed by atoms with Gasteiger partial charge < -0.3 is 14.6 Å². The molecule has 0 heterocycles. The molecule has 0 amide bonds. The standard InChI is InChI=1S/C13H14O5/c1-3-17-12-8-10(5-7-13(15)16)4-6-11(12)18-9(2)14/h4-8H,3H2,1-2H3,(H,15,16)/b7-5+. The molecule has 0 spiro atoms. The first-order chi connectivity index (χ1) is 8.52. The summed E-state index contributed by atoms with van der Waals surface area (Å²) in [5, 5.41) is 8.53. The molecule has 0 bridgehead atoms. The maximum Gasteiger partial charge on any atom is 0.328 e. The summed E-state index contributed by atoms with van der Waals surface area (Å²) < 4.78 is 10.3. The molecule has 0 saturated heterocycles. The van der Waals surface area contributed by atoms with Gasteiger partial charge in [-0.15, -0.1) is 0 Å². The summed E-state index contributed by atoms with van der Waals surface area (Å²) in [6, 6.07) is 4.81. The van der Waals surface area contributed by atoms with Crippen LogP contribution in [0.3, 0.4) is 0 Å². The van der Waals surface area contributed by atoms with Gasteiger partial charge in [-0.2, -0.15) is 0 Å². The van der Waals surface area contributed by atoms with Crippen molar-refractivity contribution in [2.75, 3.05) is 6.61 Å². The van der Waals surface area contributed by atoms with E-state index in [1.165, 1.54) is 13.0 Å². The van der Waals surface area contributed by atoms with Gasteiger partial charge in [-0.05, 0) is 30.7 Å². The van der Waals surface area contributed by atoms with Gasteiger partial charge >= 0.3 is 11.9 Å². The minimum absolute atomic E-state index is 0.317. The van der Waals surface area contributed by atoms with E-state index in [-0.39, 0.29) is 0 Å². The highest BCUT2D eigenvalue weighted by Crippen LogP contribution is 2.29. The van der Waals surface area contributed by atoms with Gasteiger partial charge in [0, 0.05) is 13.0 Å². The number of hydrogen-bond acceptors (Lipinski definition) is 4. The first-order valence-electron chi connectivity index (χ1n) is 5.39. The lowest BCUT2D eigenvalue weighted by molar-refractivity contribution is -0.132. The molecule has 18 heavy (non-hydrogen) atoms. The van der Waals surface area contributed by atoms with Crippen molar-refractivity contribution in [3.05, 3.63) is 29.8 Å². The molecule has 0 saturated carbocycles. The largest absolute Gasteiger partial charge is 0.490 e. The van der Waals surface area contributed by atoms with E-state index in [1.807, 2.05) is 0 Å². The molecule has 0 aliphatic heterocycles. The second-order valence-electron chi connectivity index (χ2n) is 3.40. The number of hydrogen-bond donors (Lipinski definition) is 1. The molecule has 1 aromatic carbocycles. The Bertz CT molecular complexity index is 476. The van der Waals surface area contributed by atoms with Crippen LogP contribution >= 0.6 is 0 Å². The molecule has 1 aromatic rings. The van der Waals surface area contributed by atoms with Gasteiger partial charge in [0.15, 0.2) is 11.5 Å². The molecule has 5 nitrogen and oxygen atoms in total. The Balaban J connectivity index is 3.02. The van der Waals surface area contributed by atoms with Gasteiger partial charge in [0.25, 0.3) is 0 Å². The van der Waals surface area contributed by atoms with Crippen molar-refractivity contribution < 1.29 is 24.2 Å². The van der Waals surface area contributed by atoms with Gasteiger partial charge in [-0.3, -0.25) is 4.79 Å². The van der Waals surface area contributed by atoms with Crippen LogP contribution in [-0.4, -0.2) is 23.7 Å². The van der Waals surface area contributed by atoms with E-state index in [0.717, 1.165) is 6.08 Å². The summed E-state index contributed by atoms with van der Waals surface area (Å²) in [5.74, 6) is -0.751. The second-order valence-corrected chi connectivity index (χ2v) is 3.40. The number of aliphatic carboxylic acids is 1. The minimum Gasteiger partial charge on any atom is -0.490 e. The van der Waals surface area contributed by atoms with Crippen molar-refractivity contribution in [3.63, 3.8) is 0 Å². The Kier molecular flexibility index (Phi) is 4.92. The molecule has 0 aliphatic rings. The lowest BCUT2D eigenvalue weighted by Crippen LogP contribution is -2.04. The Morgan fingerprint density at radius 3 is 2.61 bits per heavy atom. The molecule has 0 aromatic heterocycles. The fourth-order valence-corrected chi connectivity index (χ4v) is 1.30. The summed E-state index contributed by atoms with van der Waals surface area (Å²) in [5.41, 5.74) is 0.650. The normalized spacial score (nSPS) is 10.3. The average Bonchev–Trinajstić information content (AvgIpc) is 2.29. The summed E-state index contributed by atoms with van der Waals surface area (Å²) in [6.45, 7) is 3.52. The highest BCUT2D eigenvalue weighted by Gasteiger charge is 2.07. The highest BCUT2D eigenvalue weighted by atomic mass is 16.6. The monoisotopic (exact) mass is 250 g/mol. The maximum atomic E-state index is 10.9. The van der Waals surface area contributed by atoms with Crippen molar-refractivity contribution in [3.8, 4) is 11.5 Å². The topological polar surface area (TPSA) is 72.8 Å². The molecule has 0 aliphatic carbocycles. The molecular weight excluding hydrogens is 236 g/mol. The minimum atomic E-state index is -1.03. The second kappa shape index (κ2) is 6.44. The lowest BCUT2D eigenvalue weighted by atomic mass is 10.2. The number of benzene rings is 1. The fourth-order valence-electron chi connectivity index (χ4n) is 1.30. The van der Waals surface area contributed by atoms with E-state index >= 15 is 0 Å². The van der Waals surface area contributed by atoms with E-state index in [0.29, 0.717) is 23.7 Å². The number of esters is 1. The van der Waals surface area contributed by atoms with Crippen LogP contribution in [0.5, 0.6) is 11.5 Å². The third-order valence-corrected chi connectivity index (χ3v) is 1.94. The zero-order valence-corrected chi connectivity index (χ0v) is 10.2. The molecule has 0 unspecified atom stereocenters. The summed E-state index contributed by atoms with van der Waals surface area (Å²) >= 11 is 0.